The van der Waals surface area contributed by atoms with Crippen molar-refractivity contribution in [1.82, 2.24) is 5.32 Å². The molecule has 2 aromatic rings. The van der Waals surface area contributed by atoms with Crippen molar-refractivity contribution in [3.63, 3.8) is 0 Å². The molecule has 2 atom stereocenters. The Kier molecular flexibility index (Phi) is 3.67. The Hall–Kier alpha value is -1.74. The first-order chi connectivity index (χ1) is 10.8. The Morgan fingerprint density at radius 3 is 2.50 bits per heavy atom. The summed E-state index contributed by atoms with van der Waals surface area (Å²) in [5.41, 5.74) is 2.54. The number of thioether (sulfide) groups is 1. The third-order valence-corrected chi connectivity index (χ3v) is 5.81. The fourth-order valence-corrected chi connectivity index (χ4v) is 4.34. The van der Waals surface area contributed by atoms with E-state index in [9.17, 15) is 4.79 Å². The first-order valence-electron chi connectivity index (χ1n) is 7.91. The molecule has 2 aromatic carbocycles. The highest BCUT2D eigenvalue weighted by Crippen LogP contribution is 2.42. The van der Waals surface area contributed by atoms with E-state index in [-0.39, 0.29) is 17.2 Å². The molecule has 4 rings (SSSR count). The zero-order valence-electron chi connectivity index (χ0n) is 12.4. The van der Waals surface area contributed by atoms with Crippen LogP contribution in [0.3, 0.4) is 0 Å². The molecule has 0 bridgehead atoms. The van der Waals surface area contributed by atoms with E-state index in [2.05, 4.69) is 47.8 Å². The van der Waals surface area contributed by atoms with E-state index in [1.165, 1.54) is 28.9 Å². The Morgan fingerprint density at radius 2 is 1.77 bits per heavy atom. The van der Waals surface area contributed by atoms with Gasteiger partial charge in [-0.25, -0.2) is 0 Å². The molecule has 2 unspecified atom stereocenters. The second-order valence-electron chi connectivity index (χ2n) is 6.15. The van der Waals surface area contributed by atoms with Gasteiger partial charge in [0.25, 0.3) is 0 Å². The summed E-state index contributed by atoms with van der Waals surface area (Å²) < 4.78 is 0. The van der Waals surface area contributed by atoms with E-state index in [0.29, 0.717) is 5.92 Å². The minimum absolute atomic E-state index is 0.0161. The normalized spacial score (nSPS) is 21.2. The Morgan fingerprint density at radius 1 is 1.05 bits per heavy atom. The van der Waals surface area contributed by atoms with E-state index in [1.807, 2.05) is 12.1 Å². The molecule has 2 aliphatic rings. The zero-order valence-corrected chi connectivity index (χ0v) is 13.2. The molecular weight excluding hydrogens is 290 g/mol. The third kappa shape index (κ3) is 2.78. The van der Waals surface area contributed by atoms with E-state index in [0.717, 1.165) is 6.42 Å². The zero-order chi connectivity index (χ0) is 14.9. The molecule has 3 heteroatoms. The summed E-state index contributed by atoms with van der Waals surface area (Å²) >= 11 is 1.70. The molecule has 1 saturated carbocycles. The van der Waals surface area contributed by atoms with Crippen LogP contribution >= 0.6 is 11.8 Å². The molecule has 1 heterocycles. The van der Waals surface area contributed by atoms with Crippen LogP contribution in [-0.4, -0.2) is 11.2 Å². The number of hydrogen-bond acceptors (Lipinski definition) is 2. The van der Waals surface area contributed by atoms with Gasteiger partial charge in [-0.05, 0) is 42.4 Å². The third-order valence-electron chi connectivity index (χ3n) is 4.49. The summed E-state index contributed by atoms with van der Waals surface area (Å²) in [6, 6.07) is 18.9. The number of amides is 1. The van der Waals surface area contributed by atoms with Crippen molar-refractivity contribution in [3.05, 3.63) is 65.7 Å². The molecule has 0 aromatic heterocycles. The average molecular weight is 309 g/mol. The van der Waals surface area contributed by atoms with Gasteiger partial charge in [0.15, 0.2) is 0 Å². The second-order valence-corrected chi connectivity index (χ2v) is 7.40. The van der Waals surface area contributed by atoms with E-state index < -0.39 is 0 Å². The average Bonchev–Trinajstić information content (AvgIpc) is 3.30. The van der Waals surface area contributed by atoms with Crippen molar-refractivity contribution in [2.24, 2.45) is 5.92 Å². The maximum absolute atomic E-state index is 12.7. The van der Waals surface area contributed by atoms with E-state index in [1.54, 1.807) is 11.8 Å². The molecule has 1 aliphatic carbocycles. The van der Waals surface area contributed by atoms with Gasteiger partial charge in [0.2, 0.25) is 5.91 Å². The van der Waals surface area contributed by atoms with Gasteiger partial charge >= 0.3 is 0 Å². The molecule has 0 spiro atoms. The highest BCUT2D eigenvalue weighted by Gasteiger charge is 2.36. The fourth-order valence-electron chi connectivity index (χ4n) is 3.14. The number of fused-ring (bicyclic) bond motifs is 1. The number of benzene rings is 2. The molecular formula is C19H19NOS. The minimum atomic E-state index is 0.0161. The summed E-state index contributed by atoms with van der Waals surface area (Å²) in [5.74, 6) is 0.794. The van der Waals surface area contributed by atoms with Crippen molar-refractivity contribution in [1.29, 1.82) is 0 Å². The summed E-state index contributed by atoms with van der Waals surface area (Å²) in [7, 11) is 0. The van der Waals surface area contributed by atoms with E-state index >= 15 is 0 Å². The maximum atomic E-state index is 12.7. The molecule has 1 N–H and O–H groups in total. The number of carbonyl (C=O) groups is 1. The quantitative estimate of drug-likeness (QED) is 0.926. The summed E-state index contributed by atoms with van der Waals surface area (Å²) in [6.07, 6.45) is 3.29. The van der Waals surface area contributed by atoms with Crippen LogP contribution in [0, 0.1) is 5.92 Å². The topological polar surface area (TPSA) is 29.1 Å². The van der Waals surface area contributed by atoms with Crippen LogP contribution in [0.1, 0.15) is 30.0 Å². The van der Waals surface area contributed by atoms with Crippen molar-refractivity contribution < 1.29 is 4.79 Å². The molecule has 1 amide bonds. The lowest BCUT2D eigenvalue weighted by molar-refractivity contribution is -0.121. The number of hydrogen-bond donors (Lipinski definition) is 1. The maximum Gasteiger partial charge on any atom is 0.234 e. The monoisotopic (exact) mass is 309 g/mol. The van der Waals surface area contributed by atoms with Gasteiger partial charge in [-0.2, -0.15) is 0 Å². The molecule has 0 radical (unpaired) electrons. The van der Waals surface area contributed by atoms with Gasteiger partial charge in [0, 0.05) is 4.90 Å². The fraction of sp³-hybridized carbons (Fsp3) is 0.316. The summed E-state index contributed by atoms with van der Waals surface area (Å²) in [5, 5.41) is 3.33. The number of nitrogens with one attached hydrogen (secondary N) is 1. The van der Waals surface area contributed by atoms with Crippen LogP contribution in [0.25, 0.3) is 0 Å². The lowest BCUT2D eigenvalue weighted by Gasteiger charge is -2.20. The number of rotatable bonds is 4. The Balaban J connectivity index is 1.47. The molecule has 2 nitrogen and oxygen atoms in total. The first-order valence-corrected chi connectivity index (χ1v) is 8.79. The Labute approximate surface area is 135 Å². The van der Waals surface area contributed by atoms with Crippen LogP contribution in [0.2, 0.25) is 0 Å². The van der Waals surface area contributed by atoms with Gasteiger partial charge in [0.1, 0.15) is 0 Å². The van der Waals surface area contributed by atoms with Crippen LogP contribution in [0.4, 0.5) is 0 Å². The molecule has 0 saturated heterocycles. The second kappa shape index (κ2) is 5.81. The predicted octanol–water partition coefficient (Wildman–Crippen LogP) is 3.97. The van der Waals surface area contributed by atoms with Crippen LogP contribution in [0.15, 0.2) is 59.5 Å². The SMILES string of the molecule is O=C(NC(c1ccccc1)C1CC1)C1Cc2ccccc2S1. The minimum Gasteiger partial charge on any atom is -0.348 e. The van der Waals surface area contributed by atoms with Crippen LogP contribution in [-0.2, 0) is 11.2 Å². The first kappa shape index (κ1) is 13.9. The lowest BCUT2D eigenvalue weighted by atomic mass is 10.0. The van der Waals surface area contributed by atoms with Gasteiger partial charge in [0.05, 0.1) is 11.3 Å². The summed E-state index contributed by atoms with van der Waals surface area (Å²) in [6.45, 7) is 0. The highest BCUT2D eigenvalue weighted by molar-refractivity contribution is 8.01. The smallest absolute Gasteiger partial charge is 0.234 e. The molecule has 22 heavy (non-hydrogen) atoms. The van der Waals surface area contributed by atoms with Gasteiger partial charge in [-0.3, -0.25) is 4.79 Å². The van der Waals surface area contributed by atoms with Crippen molar-refractivity contribution >= 4 is 17.7 Å². The van der Waals surface area contributed by atoms with Crippen molar-refractivity contribution in [3.8, 4) is 0 Å². The van der Waals surface area contributed by atoms with Crippen molar-refractivity contribution in [2.75, 3.05) is 0 Å². The van der Waals surface area contributed by atoms with Crippen LogP contribution < -0.4 is 5.32 Å². The Bertz CT molecular complexity index is 656. The number of carbonyl (C=O) groups excluding carboxylic acids is 1. The lowest BCUT2D eigenvalue weighted by Crippen LogP contribution is -2.36. The molecule has 1 aliphatic heterocycles. The van der Waals surface area contributed by atoms with Gasteiger partial charge in [-0.1, -0.05) is 48.5 Å². The molecule has 1 fully saturated rings. The standard InChI is InChI=1S/C19H19NOS/c21-19(17-12-15-8-4-5-9-16(15)22-17)20-18(14-10-11-14)13-6-2-1-3-7-13/h1-9,14,17-18H,10-12H2,(H,20,21). The summed E-state index contributed by atoms with van der Waals surface area (Å²) in [4.78, 5) is 14.0. The van der Waals surface area contributed by atoms with E-state index in [4.69, 9.17) is 0 Å². The largest absolute Gasteiger partial charge is 0.348 e. The van der Waals surface area contributed by atoms with Gasteiger partial charge < -0.3 is 5.32 Å². The predicted molar refractivity (Wildman–Crippen MR) is 89.8 cm³/mol. The van der Waals surface area contributed by atoms with Gasteiger partial charge in [-0.15, -0.1) is 11.8 Å². The highest BCUT2D eigenvalue weighted by atomic mass is 32.2. The van der Waals surface area contributed by atoms with Crippen molar-refractivity contribution in [2.45, 2.75) is 35.4 Å². The molecule has 112 valence electrons. The van der Waals surface area contributed by atoms with Crippen LogP contribution in [0.5, 0.6) is 0 Å².